The molecule has 1 unspecified atom stereocenters. The van der Waals surface area contributed by atoms with Gasteiger partial charge in [0.25, 0.3) is 0 Å². The molecule has 1 aromatic heterocycles. The van der Waals surface area contributed by atoms with Gasteiger partial charge in [-0.05, 0) is 24.3 Å². The minimum atomic E-state index is 0.594. The summed E-state index contributed by atoms with van der Waals surface area (Å²) in [5.74, 6) is 1.13. The fraction of sp³-hybridized carbons (Fsp3) is 0.357. The Hall–Kier alpha value is -1.09. The number of hydrogen-bond acceptors (Lipinski definition) is 2. The molecule has 0 spiro atoms. The molecule has 1 aliphatic rings. The van der Waals surface area contributed by atoms with Crippen LogP contribution in [0.15, 0.2) is 36.5 Å². The lowest BCUT2D eigenvalue weighted by Gasteiger charge is -2.31. The molecule has 17 heavy (non-hydrogen) atoms. The van der Waals surface area contributed by atoms with Gasteiger partial charge in [-0.1, -0.05) is 40.2 Å². The van der Waals surface area contributed by atoms with E-state index in [-0.39, 0.29) is 0 Å². The van der Waals surface area contributed by atoms with Gasteiger partial charge >= 0.3 is 0 Å². The number of fused-ring (bicyclic) bond motifs is 1. The van der Waals surface area contributed by atoms with Crippen LogP contribution in [0.25, 0.3) is 10.8 Å². The van der Waals surface area contributed by atoms with Gasteiger partial charge in [0, 0.05) is 29.5 Å². The van der Waals surface area contributed by atoms with E-state index in [1.807, 2.05) is 6.20 Å². The van der Waals surface area contributed by atoms with Crippen molar-refractivity contribution in [2.45, 2.75) is 17.7 Å². The van der Waals surface area contributed by atoms with E-state index >= 15 is 0 Å². The third-order valence-corrected chi connectivity index (χ3v) is 4.06. The van der Waals surface area contributed by atoms with Crippen LogP contribution in [-0.2, 0) is 0 Å². The maximum Gasteiger partial charge on any atom is 0.136 e. The van der Waals surface area contributed by atoms with Crippen molar-refractivity contribution in [3.63, 3.8) is 0 Å². The largest absolute Gasteiger partial charge is 0.355 e. The lowest BCUT2D eigenvalue weighted by Crippen LogP contribution is -2.36. The van der Waals surface area contributed by atoms with Crippen molar-refractivity contribution in [3.8, 4) is 0 Å². The van der Waals surface area contributed by atoms with Crippen molar-refractivity contribution >= 4 is 32.5 Å². The first-order chi connectivity index (χ1) is 8.34. The molecule has 0 N–H and O–H groups in total. The van der Waals surface area contributed by atoms with Gasteiger partial charge in [-0.25, -0.2) is 4.98 Å². The highest BCUT2D eigenvalue weighted by atomic mass is 79.9. The van der Waals surface area contributed by atoms with Gasteiger partial charge in [-0.15, -0.1) is 0 Å². The Morgan fingerprint density at radius 1 is 1.24 bits per heavy atom. The van der Waals surface area contributed by atoms with E-state index in [4.69, 9.17) is 0 Å². The quantitative estimate of drug-likeness (QED) is 0.746. The molecule has 0 amide bonds. The number of halogens is 1. The van der Waals surface area contributed by atoms with Gasteiger partial charge in [0.05, 0.1) is 0 Å². The smallest absolute Gasteiger partial charge is 0.136 e. The molecule has 1 aromatic carbocycles. The first-order valence-electron chi connectivity index (χ1n) is 6.07. The average molecular weight is 291 g/mol. The number of aromatic nitrogens is 1. The number of pyridine rings is 1. The summed E-state index contributed by atoms with van der Waals surface area (Å²) in [6, 6.07) is 10.6. The fourth-order valence-corrected chi connectivity index (χ4v) is 3.15. The van der Waals surface area contributed by atoms with Gasteiger partial charge in [-0.3, -0.25) is 0 Å². The van der Waals surface area contributed by atoms with Gasteiger partial charge < -0.3 is 4.90 Å². The zero-order valence-electron chi connectivity index (χ0n) is 9.64. The van der Waals surface area contributed by atoms with Crippen LogP contribution in [0.5, 0.6) is 0 Å². The Kier molecular flexibility index (Phi) is 3.02. The highest BCUT2D eigenvalue weighted by molar-refractivity contribution is 9.09. The lowest BCUT2D eigenvalue weighted by atomic mass is 10.1. The molecule has 2 aromatic rings. The Morgan fingerprint density at radius 3 is 3.00 bits per heavy atom. The van der Waals surface area contributed by atoms with Crippen LogP contribution in [0.2, 0.25) is 0 Å². The zero-order chi connectivity index (χ0) is 11.7. The molecule has 0 aliphatic carbocycles. The van der Waals surface area contributed by atoms with Crippen molar-refractivity contribution in [1.29, 1.82) is 0 Å². The second kappa shape index (κ2) is 4.65. The second-order valence-electron chi connectivity index (χ2n) is 4.54. The van der Waals surface area contributed by atoms with Crippen LogP contribution in [0.1, 0.15) is 12.8 Å². The van der Waals surface area contributed by atoms with Crippen LogP contribution in [0.3, 0.4) is 0 Å². The van der Waals surface area contributed by atoms with Gasteiger partial charge in [-0.2, -0.15) is 0 Å². The number of hydrogen-bond donors (Lipinski definition) is 0. The minimum absolute atomic E-state index is 0.594. The van der Waals surface area contributed by atoms with E-state index in [2.05, 4.69) is 56.1 Å². The topological polar surface area (TPSA) is 16.1 Å². The predicted molar refractivity (Wildman–Crippen MR) is 75.9 cm³/mol. The maximum atomic E-state index is 4.57. The van der Waals surface area contributed by atoms with E-state index in [9.17, 15) is 0 Å². The Labute approximate surface area is 110 Å². The summed E-state index contributed by atoms with van der Waals surface area (Å²) in [6.45, 7) is 2.17. The van der Waals surface area contributed by atoms with E-state index in [1.165, 1.54) is 23.6 Å². The number of piperidine rings is 1. The Balaban J connectivity index is 2.04. The number of rotatable bonds is 1. The molecule has 2 nitrogen and oxygen atoms in total. The molecule has 1 aliphatic heterocycles. The van der Waals surface area contributed by atoms with Gasteiger partial charge in [0.2, 0.25) is 0 Å². The number of alkyl halides is 1. The summed E-state index contributed by atoms with van der Waals surface area (Å²) in [4.78, 5) is 7.56. The van der Waals surface area contributed by atoms with Crippen LogP contribution in [0, 0.1) is 0 Å². The number of anilines is 1. The molecule has 0 bridgehead atoms. The van der Waals surface area contributed by atoms with E-state index in [1.54, 1.807) is 0 Å². The SMILES string of the molecule is BrC1CCCN(c2nccc3ccccc23)C1. The molecular weight excluding hydrogens is 276 g/mol. The van der Waals surface area contributed by atoms with Crippen molar-refractivity contribution in [2.75, 3.05) is 18.0 Å². The highest BCUT2D eigenvalue weighted by Gasteiger charge is 2.19. The number of benzene rings is 1. The van der Waals surface area contributed by atoms with Gasteiger partial charge in [0.1, 0.15) is 5.82 Å². The third kappa shape index (κ3) is 2.16. The summed E-state index contributed by atoms with van der Waals surface area (Å²) in [5.41, 5.74) is 0. The van der Waals surface area contributed by atoms with Crippen molar-refractivity contribution < 1.29 is 0 Å². The standard InChI is InChI=1S/C14H15BrN2/c15-12-5-3-9-17(10-12)14-13-6-2-1-4-11(13)7-8-16-14/h1-2,4,6-8,12H,3,5,9-10H2. The van der Waals surface area contributed by atoms with Crippen molar-refractivity contribution in [3.05, 3.63) is 36.5 Å². The molecular formula is C14H15BrN2. The van der Waals surface area contributed by atoms with E-state index < -0.39 is 0 Å². The zero-order valence-corrected chi connectivity index (χ0v) is 11.2. The summed E-state index contributed by atoms with van der Waals surface area (Å²) in [5, 5.41) is 2.53. The van der Waals surface area contributed by atoms with Crippen LogP contribution < -0.4 is 4.90 Å². The van der Waals surface area contributed by atoms with Crippen LogP contribution >= 0.6 is 15.9 Å². The average Bonchev–Trinajstić information content (AvgIpc) is 2.38. The molecule has 1 fully saturated rings. The normalized spacial score (nSPS) is 20.8. The lowest BCUT2D eigenvalue weighted by molar-refractivity contribution is 0.593. The molecule has 88 valence electrons. The highest BCUT2D eigenvalue weighted by Crippen LogP contribution is 2.28. The molecule has 3 heteroatoms. The van der Waals surface area contributed by atoms with Crippen molar-refractivity contribution in [1.82, 2.24) is 4.98 Å². The van der Waals surface area contributed by atoms with Gasteiger partial charge in [0.15, 0.2) is 0 Å². The molecule has 0 saturated carbocycles. The Bertz CT molecular complexity index is 521. The first-order valence-corrected chi connectivity index (χ1v) is 6.99. The summed E-state index contributed by atoms with van der Waals surface area (Å²) in [6.07, 6.45) is 4.41. The molecule has 2 heterocycles. The van der Waals surface area contributed by atoms with Crippen molar-refractivity contribution in [2.24, 2.45) is 0 Å². The third-order valence-electron chi connectivity index (χ3n) is 3.32. The monoisotopic (exact) mass is 290 g/mol. The van der Waals surface area contributed by atoms with Crippen LogP contribution in [-0.4, -0.2) is 22.9 Å². The van der Waals surface area contributed by atoms with E-state index in [0.717, 1.165) is 18.9 Å². The second-order valence-corrected chi connectivity index (χ2v) is 5.84. The molecule has 3 rings (SSSR count). The van der Waals surface area contributed by atoms with Crippen LogP contribution in [0.4, 0.5) is 5.82 Å². The number of nitrogens with zero attached hydrogens (tertiary/aromatic N) is 2. The summed E-state index contributed by atoms with van der Waals surface area (Å²) < 4.78 is 0. The Morgan fingerprint density at radius 2 is 2.12 bits per heavy atom. The first kappa shape index (κ1) is 11.0. The van der Waals surface area contributed by atoms with E-state index in [0.29, 0.717) is 4.83 Å². The predicted octanol–water partition coefficient (Wildman–Crippen LogP) is 3.60. The maximum absolute atomic E-state index is 4.57. The molecule has 1 atom stereocenters. The summed E-state index contributed by atoms with van der Waals surface area (Å²) >= 11 is 3.72. The minimum Gasteiger partial charge on any atom is -0.355 e. The molecule has 1 saturated heterocycles. The summed E-state index contributed by atoms with van der Waals surface area (Å²) in [7, 11) is 0. The fourth-order valence-electron chi connectivity index (χ4n) is 2.47. The molecule has 0 radical (unpaired) electrons.